The van der Waals surface area contributed by atoms with E-state index in [9.17, 15) is 9.59 Å². The number of Topliss-reactive ketones (excluding diaryl/α,β-unsaturated/α-hetero) is 1. The van der Waals surface area contributed by atoms with E-state index in [2.05, 4.69) is 72.1 Å². The summed E-state index contributed by atoms with van der Waals surface area (Å²) in [5.41, 5.74) is 6.32. The lowest BCUT2D eigenvalue weighted by molar-refractivity contribution is -0.118. The van der Waals surface area contributed by atoms with Crippen LogP contribution >= 0.6 is 27.7 Å². The second kappa shape index (κ2) is 9.10. The number of H-pyrrole nitrogens is 1. The molecule has 1 aliphatic carbocycles. The Bertz CT molecular complexity index is 1420. The average Bonchev–Trinajstić information content (AvgIpc) is 2.77. The molecule has 0 saturated heterocycles. The fourth-order valence-electron chi connectivity index (χ4n) is 5.10. The molecule has 2 heterocycles. The number of ketones is 1. The molecule has 7 heteroatoms. The number of halogens is 1. The number of thioether (sulfide) groups is 1. The maximum atomic E-state index is 13.5. The van der Waals surface area contributed by atoms with Gasteiger partial charge in [0.25, 0.3) is 5.56 Å². The molecule has 180 valence electrons. The Labute approximate surface area is 218 Å². The molecule has 0 spiro atoms. The van der Waals surface area contributed by atoms with Crippen molar-refractivity contribution in [1.82, 2.24) is 9.97 Å². The number of carbonyl (C=O) groups is 1. The third-order valence-electron chi connectivity index (χ3n) is 6.77. The van der Waals surface area contributed by atoms with E-state index in [0.29, 0.717) is 34.3 Å². The molecule has 0 amide bonds. The monoisotopic (exact) mass is 549 g/mol. The van der Waals surface area contributed by atoms with Crippen molar-refractivity contribution in [1.29, 1.82) is 0 Å². The second-order valence-corrected chi connectivity index (χ2v) is 12.2. The molecule has 0 radical (unpaired) electrons. The standard InChI is InChI=1S/C28H28BrN3O2S/c1-15-5-6-18(16(2)11-15)14-35-27-31-25-24(26(34)32-27)22(17-7-9-19(29)10-8-17)23-20(30-25)12-28(3,4)13-21(23)33/h5-11,22H,12-14H2,1-4H3,(H2,30,31,32,34). The first-order valence-corrected chi connectivity index (χ1v) is 13.5. The van der Waals surface area contributed by atoms with E-state index in [1.807, 2.05) is 24.3 Å². The second-order valence-electron chi connectivity index (χ2n) is 10.3. The molecular formula is C28H28BrN3O2S. The molecular weight excluding hydrogens is 522 g/mol. The summed E-state index contributed by atoms with van der Waals surface area (Å²) in [5.74, 6) is 0.917. The van der Waals surface area contributed by atoms with E-state index in [0.717, 1.165) is 22.2 Å². The average molecular weight is 551 g/mol. The highest BCUT2D eigenvalue weighted by Crippen LogP contribution is 2.47. The Morgan fingerprint density at radius 3 is 2.54 bits per heavy atom. The number of aromatic amines is 1. The van der Waals surface area contributed by atoms with Gasteiger partial charge in [0.1, 0.15) is 5.82 Å². The van der Waals surface area contributed by atoms with Crippen LogP contribution in [-0.4, -0.2) is 15.8 Å². The number of aryl methyl sites for hydroxylation is 2. The molecule has 1 unspecified atom stereocenters. The van der Waals surface area contributed by atoms with Crippen molar-refractivity contribution in [2.24, 2.45) is 5.41 Å². The fraction of sp³-hybridized carbons (Fsp3) is 0.321. The van der Waals surface area contributed by atoms with Crippen LogP contribution < -0.4 is 10.9 Å². The lowest BCUT2D eigenvalue weighted by atomic mass is 9.69. The van der Waals surface area contributed by atoms with Gasteiger partial charge in [-0.1, -0.05) is 77.4 Å². The van der Waals surface area contributed by atoms with Gasteiger partial charge < -0.3 is 10.3 Å². The number of carbonyl (C=O) groups excluding carboxylic acids is 1. The highest BCUT2D eigenvalue weighted by atomic mass is 79.9. The van der Waals surface area contributed by atoms with Gasteiger partial charge in [0.05, 0.1) is 5.56 Å². The molecule has 2 aliphatic rings. The zero-order chi connectivity index (χ0) is 24.9. The topological polar surface area (TPSA) is 74.8 Å². The van der Waals surface area contributed by atoms with Crippen LogP contribution in [0.5, 0.6) is 0 Å². The summed E-state index contributed by atoms with van der Waals surface area (Å²) in [6, 6.07) is 14.2. The van der Waals surface area contributed by atoms with Crippen molar-refractivity contribution in [2.45, 2.75) is 57.4 Å². The highest BCUT2D eigenvalue weighted by Gasteiger charge is 2.42. The van der Waals surface area contributed by atoms with Gasteiger partial charge in [-0.3, -0.25) is 9.59 Å². The minimum atomic E-state index is -0.437. The zero-order valence-electron chi connectivity index (χ0n) is 20.3. The van der Waals surface area contributed by atoms with Crippen molar-refractivity contribution in [3.63, 3.8) is 0 Å². The van der Waals surface area contributed by atoms with Crippen molar-refractivity contribution in [3.8, 4) is 0 Å². The van der Waals surface area contributed by atoms with Crippen molar-refractivity contribution >= 4 is 39.3 Å². The number of hydrogen-bond donors (Lipinski definition) is 2. The van der Waals surface area contributed by atoms with E-state index in [4.69, 9.17) is 4.98 Å². The number of hydrogen-bond acceptors (Lipinski definition) is 5. The van der Waals surface area contributed by atoms with Crippen LogP contribution in [0.25, 0.3) is 0 Å². The Morgan fingerprint density at radius 2 is 1.83 bits per heavy atom. The number of nitrogens with zero attached hydrogens (tertiary/aromatic N) is 1. The van der Waals surface area contributed by atoms with Crippen LogP contribution in [0, 0.1) is 19.3 Å². The predicted molar refractivity (Wildman–Crippen MR) is 145 cm³/mol. The van der Waals surface area contributed by atoms with E-state index >= 15 is 0 Å². The normalized spacial score (nSPS) is 18.7. The molecule has 5 nitrogen and oxygen atoms in total. The number of anilines is 1. The molecule has 5 rings (SSSR count). The molecule has 1 aliphatic heterocycles. The van der Waals surface area contributed by atoms with E-state index < -0.39 is 5.92 Å². The minimum Gasteiger partial charge on any atom is -0.343 e. The van der Waals surface area contributed by atoms with Crippen molar-refractivity contribution in [3.05, 3.63) is 96.4 Å². The molecule has 35 heavy (non-hydrogen) atoms. The van der Waals surface area contributed by atoms with Gasteiger partial charge in [0.2, 0.25) is 0 Å². The summed E-state index contributed by atoms with van der Waals surface area (Å²) in [6.45, 7) is 8.40. The zero-order valence-corrected chi connectivity index (χ0v) is 22.7. The van der Waals surface area contributed by atoms with Crippen LogP contribution in [-0.2, 0) is 10.5 Å². The van der Waals surface area contributed by atoms with Gasteiger partial charge in [-0.25, -0.2) is 4.98 Å². The van der Waals surface area contributed by atoms with Crippen molar-refractivity contribution < 1.29 is 4.79 Å². The lowest BCUT2D eigenvalue weighted by Crippen LogP contribution is -2.37. The molecule has 0 bridgehead atoms. The first-order valence-electron chi connectivity index (χ1n) is 11.7. The Hall–Kier alpha value is -2.64. The van der Waals surface area contributed by atoms with Crippen LogP contribution in [0.15, 0.2) is 68.2 Å². The molecule has 2 aromatic carbocycles. The summed E-state index contributed by atoms with van der Waals surface area (Å²) in [4.78, 5) is 34.7. The maximum Gasteiger partial charge on any atom is 0.257 e. The number of rotatable bonds is 4. The summed E-state index contributed by atoms with van der Waals surface area (Å²) in [6.07, 6.45) is 1.20. The molecule has 1 atom stereocenters. The quantitative estimate of drug-likeness (QED) is 0.281. The van der Waals surface area contributed by atoms with E-state index in [-0.39, 0.29) is 16.8 Å². The predicted octanol–water partition coefficient (Wildman–Crippen LogP) is 6.64. The number of nitrogens with one attached hydrogen (secondary N) is 2. The maximum absolute atomic E-state index is 13.5. The van der Waals surface area contributed by atoms with Gasteiger partial charge in [-0.2, -0.15) is 0 Å². The number of aromatic nitrogens is 2. The summed E-state index contributed by atoms with van der Waals surface area (Å²) in [5, 5.41) is 3.97. The molecule has 2 N–H and O–H groups in total. The first kappa shape index (κ1) is 24.1. The third-order valence-corrected chi connectivity index (χ3v) is 8.22. The minimum absolute atomic E-state index is 0.0926. The Morgan fingerprint density at radius 1 is 1.09 bits per heavy atom. The fourth-order valence-corrected chi connectivity index (χ4v) is 6.31. The molecule has 3 aromatic rings. The SMILES string of the molecule is Cc1ccc(CSc2nc3c(c(=O)[nH]2)C(c2ccc(Br)cc2)C2=C(CC(C)(C)CC2=O)N3)c(C)c1. The molecule has 1 aromatic heterocycles. The van der Waals surface area contributed by atoms with Crippen LogP contribution in [0.4, 0.5) is 5.82 Å². The largest absolute Gasteiger partial charge is 0.343 e. The Kier molecular flexibility index (Phi) is 6.26. The van der Waals surface area contributed by atoms with Gasteiger partial charge in [-0.15, -0.1) is 0 Å². The lowest BCUT2D eigenvalue weighted by Gasteiger charge is -2.38. The first-order chi connectivity index (χ1) is 16.6. The molecule has 0 fully saturated rings. The highest BCUT2D eigenvalue weighted by molar-refractivity contribution is 9.10. The van der Waals surface area contributed by atoms with Crippen LogP contribution in [0.2, 0.25) is 0 Å². The van der Waals surface area contributed by atoms with Gasteiger partial charge in [0.15, 0.2) is 10.9 Å². The Balaban J connectivity index is 1.57. The molecule has 0 saturated carbocycles. The number of fused-ring (bicyclic) bond motifs is 1. The summed E-state index contributed by atoms with van der Waals surface area (Å²) >= 11 is 5.01. The van der Waals surface area contributed by atoms with Crippen molar-refractivity contribution in [2.75, 3.05) is 5.32 Å². The van der Waals surface area contributed by atoms with Gasteiger partial charge in [0, 0.05) is 33.8 Å². The van der Waals surface area contributed by atoms with Crippen LogP contribution in [0.1, 0.15) is 60.4 Å². The van der Waals surface area contributed by atoms with Gasteiger partial charge in [-0.05, 0) is 54.5 Å². The number of allylic oxidation sites excluding steroid dienone is 2. The third kappa shape index (κ3) is 4.76. The summed E-state index contributed by atoms with van der Waals surface area (Å²) in [7, 11) is 0. The smallest absolute Gasteiger partial charge is 0.257 e. The van der Waals surface area contributed by atoms with E-state index in [1.165, 1.54) is 28.5 Å². The van der Waals surface area contributed by atoms with E-state index in [1.54, 1.807) is 0 Å². The number of benzene rings is 2. The summed E-state index contributed by atoms with van der Waals surface area (Å²) < 4.78 is 0.950. The van der Waals surface area contributed by atoms with Gasteiger partial charge >= 0.3 is 0 Å². The van der Waals surface area contributed by atoms with Crippen LogP contribution in [0.3, 0.4) is 0 Å².